The molecule has 1 aromatic carbocycles. The Balaban J connectivity index is 1.70. The molecule has 1 aliphatic rings. The van der Waals surface area contributed by atoms with Crippen LogP contribution in [0.5, 0.6) is 5.75 Å². The van der Waals surface area contributed by atoms with Gasteiger partial charge in [0.2, 0.25) is 5.91 Å². The first-order valence-electron chi connectivity index (χ1n) is 7.10. The minimum atomic E-state index is -0.529. The summed E-state index contributed by atoms with van der Waals surface area (Å²) in [5.74, 6) is 0.687. The van der Waals surface area contributed by atoms with Crippen molar-refractivity contribution in [2.45, 2.75) is 25.5 Å². The minimum absolute atomic E-state index is 0.0985. The first-order valence-corrected chi connectivity index (χ1v) is 7.48. The van der Waals surface area contributed by atoms with Gasteiger partial charge in [0.15, 0.2) is 0 Å². The summed E-state index contributed by atoms with van der Waals surface area (Å²) in [4.78, 5) is 13.2. The van der Waals surface area contributed by atoms with Gasteiger partial charge < -0.3 is 15.2 Å². The van der Waals surface area contributed by atoms with Crippen LogP contribution < -0.4 is 10.1 Å². The zero-order valence-corrected chi connectivity index (χ0v) is 12.8. The van der Waals surface area contributed by atoms with Crippen LogP contribution in [-0.4, -0.2) is 54.3 Å². The van der Waals surface area contributed by atoms with Crippen molar-refractivity contribution in [3.8, 4) is 5.75 Å². The van der Waals surface area contributed by atoms with Gasteiger partial charge in [-0.3, -0.25) is 9.69 Å². The van der Waals surface area contributed by atoms with E-state index in [2.05, 4.69) is 10.2 Å². The molecule has 2 unspecified atom stereocenters. The molecule has 1 heterocycles. The molecule has 0 saturated carbocycles. The van der Waals surface area contributed by atoms with Gasteiger partial charge in [-0.1, -0.05) is 11.6 Å². The minimum Gasteiger partial charge on any atom is -0.492 e. The Morgan fingerprint density at radius 2 is 2.19 bits per heavy atom. The molecule has 1 aliphatic heterocycles. The van der Waals surface area contributed by atoms with Gasteiger partial charge in [-0.15, -0.1) is 0 Å². The first-order chi connectivity index (χ1) is 10.0. The lowest BCUT2D eigenvalue weighted by Gasteiger charge is -2.35. The van der Waals surface area contributed by atoms with Crippen molar-refractivity contribution in [1.82, 2.24) is 10.2 Å². The Bertz CT molecular complexity index is 466. The number of aliphatic hydroxyl groups excluding tert-OH is 1. The topological polar surface area (TPSA) is 61.8 Å². The van der Waals surface area contributed by atoms with E-state index in [4.69, 9.17) is 16.3 Å². The number of hydrogen-bond donors (Lipinski definition) is 2. The maximum Gasteiger partial charge on any atom is 0.217 e. The SMILES string of the molecule is CC(=O)NC1CCN(CCOc2ccc(Cl)cc2)CC1O. The molecule has 1 amide bonds. The number of amides is 1. The zero-order chi connectivity index (χ0) is 15.2. The van der Waals surface area contributed by atoms with Crippen LogP contribution in [0.4, 0.5) is 0 Å². The molecule has 1 aromatic rings. The summed E-state index contributed by atoms with van der Waals surface area (Å²) in [5.41, 5.74) is 0. The summed E-state index contributed by atoms with van der Waals surface area (Å²) >= 11 is 5.81. The van der Waals surface area contributed by atoms with Crippen LogP contribution in [0.15, 0.2) is 24.3 Å². The van der Waals surface area contributed by atoms with Crippen LogP contribution in [0.3, 0.4) is 0 Å². The van der Waals surface area contributed by atoms with Gasteiger partial charge >= 0.3 is 0 Å². The fourth-order valence-electron chi connectivity index (χ4n) is 2.45. The van der Waals surface area contributed by atoms with Gasteiger partial charge in [-0.25, -0.2) is 0 Å². The van der Waals surface area contributed by atoms with Crippen molar-refractivity contribution in [1.29, 1.82) is 0 Å². The molecule has 116 valence electrons. The Hall–Kier alpha value is -1.30. The lowest BCUT2D eigenvalue weighted by atomic mass is 10.0. The second kappa shape index (κ2) is 7.64. The lowest BCUT2D eigenvalue weighted by molar-refractivity contribution is -0.121. The van der Waals surface area contributed by atoms with Crippen molar-refractivity contribution in [2.24, 2.45) is 0 Å². The molecule has 0 radical (unpaired) electrons. The Labute approximate surface area is 129 Å². The molecular formula is C15H21ClN2O3. The normalized spacial score (nSPS) is 22.8. The van der Waals surface area contributed by atoms with Gasteiger partial charge in [0.1, 0.15) is 12.4 Å². The number of rotatable bonds is 5. The molecule has 0 aromatic heterocycles. The fourth-order valence-corrected chi connectivity index (χ4v) is 2.58. The van der Waals surface area contributed by atoms with E-state index in [0.29, 0.717) is 18.2 Å². The van der Waals surface area contributed by atoms with Gasteiger partial charge in [0.05, 0.1) is 12.1 Å². The summed E-state index contributed by atoms with van der Waals surface area (Å²) in [6.07, 6.45) is 0.222. The van der Waals surface area contributed by atoms with Gasteiger partial charge in [-0.2, -0.15) is 0 Å². The van der Waals surface area contributed by atoms with E-state index in [-0.39, 0.29) is 11.9 Å². The molecule has 0 aliphatic carbocycles. The molecule has 2 atom stereocenters. The summed E-state index contributed by atoms with van der Waals surface area (Å²) in [5, 5.41) is 13.5. The van der Waals surface area contributed by atoms with E-state index in [1.54, 1.807) is 12.1 Å². The number of nitrogens with zero attached hydrogens (tertiary/aromatic N) is 1. The number of nitrogens with one attached hydrogen (secondary N) is 1. The highest BCUT2D eigenvalue weighted by molar-refractivity contribution is 6.30. The van der Waals surface area contributed by atoms with Crippen molar-refractivity contribution >= 4 is 17.5 Å². The lowest BCUT2D eigenvalue weighted by Crippen LogP contribution is -2.54. The van der Waals surface area contributed by atoms with Gasteiger partial charge in [-0.05, 0) is 30.7 Å². The summed E-state index contributed by atoms with van der Waals surface area (Å²) < 4.78 is 5.64. The molecule has 2 rings (SSSR count). The predicted octanol–water partition coefficient (Wildman–Crippen LogP) is 1.29. The van der Waals surface area contributed by atoms with E-state index in [1.807, 2.05) is 12.1 Å². The molecule has 1 fully saturated rings. The number of hydrogen-bond acceptors (Lipinski definition) is 4. The van der Waals surface area contributed by atoms with Crippen molar-refractivity contribution in [2.75, 3.05) is 26.2 Å². The molecule has 1 saturated heterocycles. The monoisotopic (exact) mass is 312 g/mol. The number of carbonyl (C=O) groups is 1. The van der Waals surface area contributed by atoms with E-state index in [9.17, 15) is 9.90 Å². The zero-order valence-electron chi connectivity index (χ0n) is 12.1. The van der Waals surface area contributed by atoms with E-state index in [0.717, 1.165) is 25.3 Å². The van der Waals surface area contributed by atoms with E-state index in [1.165, 1.54) is 6.92 Å². The van der Waals surface area contributed by atoms with Crippen LogP contribution in [0, 0.1) is 0 Å². The number of piperidine rings is 1. The number of benzene rings is 1. The Morgan fingerprint density at radius 1 is 1.48 bits per heavy atom. The maximum absolute atomic E-state index is 11.0. The average Bonchev–Trinajstić information content (AvgIpc) is 2.43. The molecule has 5 nitrogen and oxygen atoms in total. The van der Waals surface area contributed by atoms with E-state index >= 15 is 0 Å². The number of β-amino-alcohol motifs (C(OH)–C–C–N with tert-alkyl or cyclic N) is 1. The third-order valence-corrected chi connectivity index (χ3v) is 3.80. The first kappa shape index (κ1) is 16.1. The van der Waals surface area contributed by atoms with Crippen LogP contribution in [0.25, 0.3) is 0 Å². The highest BCUT2D eigenvalue weighted by atomic mass is 35.5. The molecular weight excluding hydrogens is 292 g/mol. The summed E-state index contributed by atoms with van der Waals surface area (Å²) in [6.45, 7) is 4.16. The highest BCUT2D eigenvalue weighted by Gasteiger charge is 2.27. The quantitative estimate of drug-likeness (QED) is 0.860. The molecule has 0 spiro atoms. The van der Waals surface area contributed by atoms with Crippen LogP contribution in [0.1, 0.15) is 13.3 Å². The van der Waals surface area contributed by atoms with Crippen LogP contribution in [-0.2, 0) is 4.79 Å². The number of likely N-dealkylation sites (tertiary alicyclic amines) is 1. The van der Waals surface area contributed by atoms with Crippen molar-refractivity contribution in [3.05, 3.63) is 29.3 Å². The molecule has 2 N–H and O–H groups in total. The molecule has 0 bridgehead atoms. The number of carbonyl (C=O) groups excluding carboxylic acids is 1. The van der Waals surface area contributed by atoms with Crippen LogP contribution >= 0.6 is 11.6 Å². The third kappa shape index (κ3) is 5.19. The summed E-state index contributed by atoms with van der Waals surface area (Å²) in [6, 6.07) is 7.11. The number of aliphatic hydroxyl groups is 1. The predicted molar refractivity (Wildman–Crippen MR) is 81.6 cm³/mol. The standard InChI is InChI=1S/C15H21ClN2O3/c1-11(19)17-14-6-7-18(10-15(14)20)8-9-21-13-4-2-12(16)3-5-13/h2-5,14-15,20H,6-10H2,1H3,(H,17,19). The molecule has 6 heteroatoms. The van der Waals surface area contributed by atoms with Gasteiger partial charge in [0.25, 0.3) is 0 Å². The van der Waals surface area contributed by atoms with Gasteiger partial charge in [0, 0.05) is 31.6 Å². The highest BCUT2D eigenvalue weighted by Crippen LogP contribution is 2.16. The largest absolute Gasteiger partial charge is 0.492 e. The fraction of sp³-hybridized carbons (Fsp3) is 0.533. The second-order valence-corrected chi connectivity index (χ2v) is 5.70. The third-order valence-electron chi connectivity index (χ3n) is 3.54. The van der Waals surface area contributed by atoms with E-state index < -0.39 is 6.10 Å². The second-order valence-electron chi connectivity index (χ2n) is 5.27. The Morgan fingerprint density at radius 3 is 2.81 bits per heavy atom. The number of ether oxygens (including phenoxy) is 1. The van der Waals surface area contributed by atoms with Crippen LogP contribution in [0.2, 0.25) is 5.02 Å². The summed E-state index contributed by atoms with van der Waals surface area (Å²) in [7, 11) is 0. The molecule has 21 heavy (non-hydrogen) atoms. The maximum atomic E-state index is 11.0. The smallest absolute Gasteiger partial charge is 0.217 e. The average molecular weight is 313 g/mol. The number of halogens is 1. The Kier molecular flexibility index (Phi) is 5.85. The van der Waals surface area contributed by atoms with Crippen molar-refractivity contribution in [3.63, 3.8) is 0 Å². The van der Waals surface area contributed by atoms with Crippen molar-refractivity contribution < 1.29 is 14.6 Å².